The summed E-state index contributed by atoms with van der Waals surface area (Å²) in [6, 6.07) is 15.1. The van der Waals surface area contributed by atoms with Crippen LogP contribution in [0.25, 0.3) is 16.2 Å². The van der Waals surface area contributed by atoms with Crippen LogP contribution in [0, 0.1) is 0 Å². The first-order chi connectivity index (χ1) is 11.7. The molecular weight excluding hydrogens is 386 g/mol. The van der Waals surface area contributed by atoms with Crippen molar-refractivity contribution in [1.29, 1.82) is 0 Å². The van der Waals surface area contributed by atoms with E-state index in [-0.39, 0.29) is 5.91 Å². The first-order valence-corrected chi connectivity index (χ1v) is 8.96. The molecule has 0 saturated carbocycles. The van der Waals surface area contributed by atoms with Crippen molar-refractivity contribution < 1.29 is 4.79 Å². The lowest BCUT2D eigenvalue weighted by Gasteiger charge is -2.08. The molecule has 24 heavy (non-hydrogen) atoms. The van der Waals surface area contributed by atoms with Crippen LogP contribution in [0.1, 0.15) is 10.4 Å². The lowest BCUT2D eigenvalue weighted by atomic mass is 10.1. The zero-order valence-electron chi connectivity index (χ0n) is 12.4. The first kappa shape index (κ1) is 15.1. The van der Waals surface area contributed by atoms with Crippen molar-refractivity contribution in [3.8, 4) is 11.3 Å². The second kappa shape index (κ2) is 6.22. The quantitative estimate of drug-likeness (QED) is 0.523. The number of benzene rings is 2. The summed E-state index contributed by atoms with van der Waals surface area (Å²) in [6.07, 6.45) is 3.97. The second-order valence-electron chi connectivity index (χ2n) is 5.23. The summed E-state index contributed by atoms with van der Waals surface area (Å²) >= 11 is 5.00. The fraction of sp³-hybridized carbons (Fsp3) is 0. The van der Waals surface area contributed by atoms with Gasteiger partial charge in [-0.15, -0.1) is 11.3 Å². The molecule has 0 aliphatic carbocycles. The number of nitrogens with zero attached hydrogens (tertiary/aromatic N) is 2. The predicted molar refractivity (Wildman–Crippen MR) is 101 cm³/mol. The Bertz CT molecular complexity index is 1010. The number of anilines is 1. The Morgan fingerprint density at radius 1 is 1.17 bits per heavy atom. The Balaban J connectivity index is 1.62. The number of amides is 1. The van der Waals surface area contributed by atoms with Gasteiger partial charge in [-0.1, -0.05) is 24.3 Å². The van der Waals surface area contributed by atoms with E-state index in [4.69, 9.17) is 0 Å². The van der Waals surface area contributed by atoms with E-state index in [9.17, 15) is 4.79 Å². The van der Waals surface area contributed by atoms with Crippen LogP contribution in [0.2, 0.25) is 0 Å². The Hall–Kier alpha value is -2.44. The van der Waals surface area contributed by atoms with E-state index in [1.807, 2.05) is 64.6 Å². The van der Waals surface area contributed by atoms with E-state index in [1.54, 1.807) is 17.4 Å². The zero-order valence-corrected chi connectivity index (χ0v) is 14.8. The van der Waals surface area contributed by atoms with Crippen molar-refractivity contribution >= 4 is 43.8 Å². The van der Waals surface area contributed by atoms with Gasteiger partial charge in [0.2, 0.25) is 0 Å². The molecule has 0 radical (unpaired) electrons. The molecule has 6 heteroatoms. The van der Waals surface area contributed by atoms with Crippen molar-refractivity contribution in [2.24, 2.45) is 0 Å². The van der Waals surface area contributed by atoms with E-state index in [2.05, 4.69) is 26.2 Å². The van der Waals surface area contributed by atoms with Gasteiger partial charge in [0.25, 0.3) is 5.91 Å². The number of thiazole rings is 1. The highest BCUT2D eigenvalue weighted by atomic mass is 79.9. The average molecular weight is 398 g/mol. The number of carbonyl (C=O) groups excluding carboxylic acids is 1. The largest absolute Gasteiger partial charge is 0.322 e. The van der Waals surface area contributed by atoms with Gasteiger partial charge in [0.1, 0.15) is 0 Å². The van der Waals surface area contributed by atoms with Crippen LogP contribution in [-0.4, -0.2) is 15.3 Å². The minimum atomic E-state index is -0.148. The molecule has 0 bridgehead atoms. The number of hydrogen-bond acceptors (Lipinski definition) is 3. The van der Waals surface area contributed by atoms with Crippen molar-refractivity contribution in [2.75, 3.05) is 5.32 Å². The molecule has 2 aromatic heterocycles. The van der Waals surface area contributed by atoms with Crippen molar-refractivity contribution in [1.82, 2.24) is 9.38 Å². The third kappa shape index (κ3) is 2.86. The minimum Gasteiger partial charge on any atom is -0.322 e. The molecule has 0 unspecified atom stereocenters. The summed E-state index contributed by atoms with van der Waals surface area (Å²) in [5, 5.41) is 4.94. The molecule has 0 fully saturated rings. The highest BCUT2D eigenvalue weighted by molar-refractivity contribution is 9.10. The van der Waals surface area contributed by atoms with Gasteiger partial charge in [0.05, 0.1) is 11.3 Å². The summed E-state index contributed by atoms with van der Waals surface area (Å²) in [4.78, 5) is 18.0. The highest BCUT2D eigenvalue weighted by Gasteiger charge is 2.11. The van der Waals surface area contributed by atoms with E-state index >= 15 is 0 Å². The molecule has 0 aliphatic rings. The molecule has 4 nitrogen and oxygen atoms in total. The molecule has 4 aromatic rings. The molecule has 118 valence electrons. The number of aromatic nitrogens is 2. The van der Waals surface area contributed by atoms with Crippen LogP contribution in [0.4, 0.5) is 5.69 Å². The summed E-state index contributed by atoms with van der Waals surface area (Å²) in [5.74, 6) is -0.148. The summed E-state index contributed by atoms with van der Waals surface area (Å²) < 4.78 is 2.76. The van der Waals surface area contributed by atoms with E-state index in [0.29, 0.717) is 5.56 Å². The molecule has 4 rings (SSSR count). The fourth-order valence-electron chi connectivity index (χ4n) is 2.47. The summed E-state index contributed by atoms with van der Waals surface area (Å²) in [5.41, 5.74) is 3.20. The van der Waals surface area contributed by atoms with Crippen LogP contribution in [0.5, 0.6) is 0 Å². The Labute approximate surface area is 150 Å². The van der Waals surface area contributed by atoms with Crippen LogP contribution < -0.4 is 5.32 Å². The maximum Gasteiger partial charge on any atom is 0.256 e. The van der Waals surface area contributed by atoms with E-state index in [1.165, 1.54) is 0 Å². The van der Waals surface area contributed by atoms with Crippen LogP contribution >= 0.6 is 27.3 Å². The Morgan fingerprint density at radius 3 is 2.88 bits per heavy atom. The number of carbonyl (C=O) groups is 1. The van der Waals surface area contributed by atoms with Crippen molar-refractivity contribution in [3.05, 3.63) is 76.3 Å². The van der Waals surface area contributed by atoms with E-state index < -0.39 is 0 Å². The Kier molecular flexibility index (Phi) is 3.92. The van der Waals surface area contributed by atoms with Crippen molar-refractivity contribution in [2.45, 2.75) is 0 Å². The molecule has 1 N–H and O–H groups in total. The monoisotopic (exact) mass is 397 g/mol. The molecule has 2 aromatic carbocycles. The highest BCUT2D eigenvalue weighted by Crippen LogP contribution is 2.25. The molecule has 1 amide bonds. The zero-order chi connectivity index (χ0) is 16.5. The third-order valence-corrected chi connectivity index (χ3v) is 5.09. The molecular formula is C18H12BrN3OS. The number of nitrogens with one attached hydrogen (secondary N) is 1. The normalized spacial score (nSPS) is 10.9. The molecule has 2 heterocycles. The van der Waals surface area contributed by atoms with Gasteiger partial charge in [-0.3, -0.25) is 9.20 Å². The van der Waals surface area contributed by atoms with Gasteiger partial charge in [-0.2, -0.15) is 0 Å². The molecule has 0 saturated heterocycles. The van der Waals surface area contributed by atoms with Gasteiger partial charge in [-0.25, -0.2) is 4.98 Å². The lowest BCUT2D eigenvalue weighted by Crippen LogP contribution is -2.12. The third-order valence-electron chi connectivity index (χ3n) is 3.63. The fourth-order valence-corrected chi connectivity index (χ4v) is 3.63. The van der Waals surface area contributed by atoms with Crippen LogP contribution in [0.3, 0.4) is 0 Å². The van der Waals surface area contributed by atoms with E-state index in [0.717, 1.165) is 26.4 Å². The lowest BCUT2D eigenvalue weighted by molar-refractivity contribution is 0.102. The maximum absolute atomic E-state index is 12.4. The summed E-state index contributed by atoms with van der Waals surface area (Å²) in [6.45, 7) is 0. The maximum atomic E-state index is 12.4. The van der Waals surface area contributed by atoms with Gasteiger partial charge in [0.15, 0.2) is 4.96 Å². The average Bonchev–Trinajstić information content (AvgIpc) is 3.17. The predicted octanol–water partition coefficient (Wildman–Crippen LogP) is 5.08. The topological polar surface area (TPSA) is 46.4 Å². The number of rotatable bonds is 3. The number of imidazole rings is 1. The van der Waals surface area contributed by atoms with Crippen molar-refractivity contribution in [3.63, 3.8) is 0 Å². The van der Waals surface area contributed by atoms with Crippen LogP contribution in [0.15, 0.2) is 70.8 Å². The number of fused-ring (bicyclic) bond motifs is 1. The first-order valence-electron chi connectivity index (χ1n) is 7.29. The molecule has 0 atom stereocenters. The number of hydrogen-bond donors (Lipinski definition) is 1. The van der Waals surface area contributed by atoms with Gasteiger partial charge in [0, 0.05) is 33.5 Å². The Morgan fingerprint density at radius 2 is 2.04 bits per heavy atom. The van der Waals surface area contributed by atoms with Gasteiger partial charge < -0.3 is 5.32 Å². The molecule has 0 aliphatic heterocycles. The van der Waals surface area contributed by atoms with Gasteiger partial charge >= 0.3 is 0 Å². The standard InChI is InChI=1S/C18H12BrN3OS/c19-15-7-2-1-6-14(15)17(23)20-13-5-3-4-12(10-13)16-11-22-8-9-24-18(22)21-16/h1-11H,(H,20,23). The second-order valence-corrected chi connectivity index (χ2v) is 6.96. The van der Waals surface area contributed by atoms with Crippen LogP contribution in [-0.2, 0) is 0 Å². The molecule has 0 spiro atoms. The van der Waals surface area contributed by atoms with Gasteiger partial charge in [-0.05, 0) is 40.2 Å². The smallest absolute Gasteiger partial charge is 0.256 e. The summed E-state index contributed by atoms with van der Waals surface area (Å²) in [7, 11) is 0. The minimum absolute atomic E-state index is 0.148. The number of halogens is 1. The SMILES string of the molecule is O=C(Nc1cccc(-c2cn3ccsc3n2)c1)c1ccccc1Br.